The molecule has 3 N–H and O–H groups in total. The predicted molar refractivity (Wildman–Crippen MR) is 52.7 cm³/mol. The number of nitrogens with one attached hydrogen (secondary N) is 1. The molecule has 0 radical (unpaired) electrons. The molecule has 0 atom stereocenters. The number of carboxylic acids is 2. The molecule has 15 heavy (non-hydrogen) atoms. The monoisotopic (exact) mass is 216 g/mol. The maximum atomic E-state index is 10.5. The molecule has 0 bridgehead atoms. The van der Waals surface area contributed by atoms with Crippen molar-refractivity contribution in [3.05, 3.63) is 0 Å². The summed E-state index contributed by atoms with van der Waals surface area (Å²) in [7, 11) is 0. The summed E-state index contributed by atoms with van der Waals surface area (Å²) in [6.07, 6.45) is 2.10. The van der Waals surface area contributed by atoms with Gasteiger partial charge in [0.15, 0.2) is 0 Å². The van der Waals surface area contributed by atoms with E-state index in [1.54, 1.807) is 0 Å². The van der Waals surface area contributed by atoms with E-state index in [1.165, 1.54) is 0 Å². The first kappa shape index (κ1) is 11.9. The van der Waals surface area contributed by atoms with E-state index in [9.17, 15) is 9.59 Å². The van der Waals surface area contributed by atoms with Gasteiger partial charge in [0.25, 0.3) is 0 Å². The van der Waals surface area contributed by atoms with Crippen LogP contribution in [0.2, 0.25) is 0 Å². The van der Waals surface area contributed by atoms with Crippen LogP contribution in [0.25, 0.3) is 0 Å². The van der Waals surface area contributed by atoms with Crippen molar-refractivity contribution in [1.82, 2.24) is 10.2 Å². The van der Waals surface area contributed by atoms with E-state index in [-0.39, 0.29) is 13.1 Å². The highest BCUT2D eigenvalue weighted by Crippen LogP contribution is 2.25. The second-order valence-corrected chi connectivity index (χ2v) is 3.67. The van der Waals surface area contributed by atoms with E-state index in [4.69, 9.17) is 10.2 Å². The Morgan fingerprint density at radius 2 is 1.93 bits per heavy atom. The zero-order valence-electron chi connectivity index (χ0n) is 8.48. The molecule has 6 heteroatoms. The smallest absolute Gasteiger partial charge is 0.317 e. The number of aliphatic carboxylic acids is 2. The average molecular weight is 216 g/mol. The van der Waals surface area contributed by atoms with Crippen molar-refractivity contribution in [3.8, 4) is 0 Å². The highest BCUT2D eigenvalue weighted by molar-refractivity contribution is 5.69. The topological polar surface area (TPSA) is 89.9 Å². The van der Waals surface area contributed by atoms with E-state index in [0.29, 0.717) is 19.1 Å². The van der Waals surface area contributed by atoms with Gasteiger partial charge in [-0.15, -0.1) is 0 Å². The molecular formula is C9H16N2O4. The first-order valence-corrected chi connectivity index (χ1v) is 4.98. The number of carbonyl (C=O) groups is 2. The molecule has 0 spiro atoms. The summed E-state index contributed by atoms with van der Waals surface area (Å²) in [5.41, 5.74) is 0. The van der Waals surface area contributed by atoms with Gasteiger partial charge < -0.3 is 15.5 Å². The Kier molecular flexibility index (Phi) is 4.51. The van der Waals surface area contributed by atoms with Crippen LogP contribution in [-0.2, 0) is 9.59 Å². The average Bonchev–Trinajstić information content (AvgIpc) is 2.92. The van der Waals surface area contributed by atoms with Gasteiger partial charge >= 0.3 is 11.9 Å². The molecule has 1 fully saturated rings. The normalized spacial score (nSPS) is 15.5. The Morgan fingerprint density at radius 3 is 2.40 bits per heavy atom. The van der Waals surface area contributed by atoms with Crippen molar-refractivity contribution in [2.45, 2.75) is 18.9 Å². The van der Waals surface area contributed by atoms with Crippen LogP contribution in [0, 0.1) is 0 Å². The Morgan fingerprint density at radius 1 is 1.27 bits per heavy atom. The van der Waals surface area contributed by atoms with Gasteiger partial charge in [0.1, 0.15) is 0 Å². The number of rotatable bonds is 8. The molecule has 1 aliphatic carbocycles. The minimum Gasteiger partial charge on any atom is -0.480 e. The Hall–Kier alpha value is -1.14. The second-order valence-electron chi connectivity index (χ2n) is 3.67. The number of nitrogens with zero attached hydrogens (tertiary/aromatic N) is 1. The van der Waals surface area contributed by atoms with Crippen LogP contribution in [0.4, 0.5) is 0 Å². The first-order chi connectivity index (χ1) is 7.09. The van der Waals surface area contributed by atoms with Gasteiger partial charge in [-0.3, -0.25) is 14.5 Å². The third-order valence-corrected chi connectivity index (χ3v) is 2.25. The van der Waals surface area contributed by atoms with E-state index >= 15 is 0 Å². The fourth-order valence-electron chi connectivity index (χ4n) is 1.42. The van der Waals surface area contributed by atoms with Crippen LogP contribution in [-0.4, -0.2) is 59.3 Å². The molecule has 0 saturated heterocycles. The second kappa shape index (κ2) is 5.67. The fourth-order valence-corrected chi connectivity index (χ4v) is 1.42. The van der Waals surface area contributed by atoms with Gasteiger partial charge in [-0.25, -0.2) is 0 Å². The Labute approximate surface area is 87.9 Å². The quantitative estimate of drug-likeness (QED) is 0.461. The first-order valence-electron chi connectivity index (χ1n) is 4.98. The zero-order chi connectivity index (χ0) is 11.3. The third-order valence-electron chi connectivity index (χ3n) is 2.25. The Balaban J connectivity index is 2.14. The van der Waals surface area contributed by atoms with Gasteiger partial charge in [0, 0.05) is 19.1 Å². The van der Waals surface area contributed by atoms with Gasteiger partial charge in [-0.1, -0.05) is 0 Å². The molecule has 0 aromatic carbocycles. The summed E-state index contributed by atoms with van der Waals surface area (Å²) in [5, 5.41) is 19.8. The van der Waals surface area contributed by atoms with Crippen LogP contribution in [0.1, 0.15) is 12.8 Å². The summed E-state index contributed by atoms with van der Waals surface area (Å²) in [4.78, 5) is 22.6. The van der Waals surface area contributed by atoms with Crippen molar-refractivity contribution < 1.29 is 19.8 Å². The summed E-state index contributed by atoms with van der Waals surface area (Å²) < 4.78 is 0. The summed E-state index contributed by atoms with van der Waals surface area (Å²) in [5.74, 6) is -1.73. The fraction of sp³-hybridized carbons (Fsp3) is 0.778. The minimum absolute atomic E-state index is 0.0411. The maximum absolute atomic E-state index is 10.5. The van der Waals surface area contributed by atoms with Gasteiger partial charge in [-0.2, -0.15) is 0 Å². The summed E-state index contributed by atoms with van der Waals surface area (Å²) >= 11 is 0. The molecule has 1 rings (SSSR count). The molecule has 6 nitrogen and oxygen atoms in total. The molecular weight excluding hydrogens is 200 g/mol. The van der Waals surface area contributed by atoms with Gasteiger partial charge in [0.2, 0.25) is 0 Å². The molecule has 0 aromatic heterocycles. The van der Waals surface area contributed by atoms with Crippen molar-refractivity contribution in [2.24, 2.45) is 0 Å². The number of carboxylic acid groups (broad SMARTS) is 2. The Bertz CT molecular complexity index is 240. The lowest BCUT2D eigenvalue weighted by Gasteiger charge is -2.19. The molecule has 0 unspecified atom stereocenters. The molecule has 1 aliphatic rings. The number of hydrogen-bond acceptors (Lipinski definition) is 4. The molecule has 86 valence electrons. The largest absolute Gasteiger partial charge is 0.480 e. The number of hydrogen-bond donors (Lipinski definition) is 3. The summed E-state index contributed by atoms with van der Waals surface area (Å²) in [6.45, 7) is 1.06. The van der Waals surface area contributed by atoms with Crippen LogP contribution < -0.4 is 5.32 Å². The van der Waals surface area contributed by atoms with Crippen molar-refractivity contribution in [1.29, 1.82) is 0 Å². The van der Waals surface area contributed by atoms with E-state index in [1.807, 2.05) is 4.90 Å². The molecule has 0 aromatic rings. The van der Waals surface area contributed by atoms with E-state index in [0.717, 1.165) is 12.8 Å². The van der Waals surface area contributed by atoms with Crippen LogP contribution in [0.15, 0.2) is 0 Å². The standard InChI is InChI=1S/C9H16N2O4/c12-8(13)5-10-3-4-11(6-9(14)15)7-1-2-7/h7,10H,1-6H2,(H,12,13)(H,14,15). The molecule has 0 heterocycles. The van der Waals surface area contributed by atoms with Crippen molar-refractivity contribution >= 4 is 11.9 Å². The summed E-state index contributed by atoms with van der Waals surface area (Å²) in [6, 6.07) is 0.382. The van der Waals surface area contributed by atoms with Crippen LogP contribution >= 0.6 is 0 Å². The maximum Gasteiger partial charge on any atom is 0.317 e. The molecule has 0 amide bonds. The van der Waals surface area contributed by atoms with Crippen molar-refractivity contribution in [3.63, 3.8) is 0 Å². The van der Waals surface area contributed by atoms with E-state index < -0.39 is 11.9 Å². The molecule has 0 aliphatic heterocycles. The van der Waals surface area contributed by atoms with Crippen LogP contribution in [0.5, 0.6) is 0 Å². The minimum atomic E-state index is -0.897. The lowest BCUT2D eigenvalue weighted by Crippen LogP contribution is -2.38. The van der Waals surface area contributed by atoms with Crippen LogP contribution in [0.3, 0.4) is 0 Å². The lowest BCUT2D eigenvalue weighted by molar-refractivity contribution is -0.139. The molecule has 1 saturated carbocycles. The van der Waals surface area contributed by atoms with Crippen molar-refractivity contribution in [2.75, 3.05) is 26.2 Å². The zero-order valence-corrected chi connectivity index (χ0v) is 8.48. The predicted octanol–water partition coefficient (Wildman–Crippen LogP) is -0.790. The third kappa shape index (κ3) is 5.34. The highest BCUT2D eigenvalue weighted by atomic mass is 16.4. The van der Waals surface area contributed by atoms with Gasteiger partial charge in [0.05, 0.1) is 13.1 Å². The SMILES string of the molecule is O=C(O)CNCCN(CC(=O)O)C1CC1. The van der Waals surface area contributed by atoms with E-state index in [2.05, 4.69) is 5.32 Å². The van der Waals surface area contributed by atoms with Gasteiger partial charge in [-0.05, 0) is 12.8 Å². The highest BCUT2D eigenvalue weighted by Gasteiger charge is 2.29. The lowest BCUT2D eigenvalue weighted by atomic mass is 10.4.